The molecule has 1 aromatic carbocycles. The maximum atomic E-state index is 13.6. The molecule has 0 amide bonds. The van der Waals surface area contributed by atoms with Gasteiger partial charge in [0.25, 0.3) is 0 Å². The molecule has 1 aliphatic rings. The number of halogens is 2. The first kappa shape index (κ1) is 12.1. The average Bonchev–Trinajstić information content (AvgIpc) is 2.21. The maximum absolute atomic E-state index is 13.6. The molecular weight excluding hydrogens is 249 g/mol. The van der Waals surface area contributed by atoms with Gasteiger partial charge < -0.3 is 15.2 Å². The smallest absolute Gasteiger partial charge is 0.307 e. The highest BCUT2D eigenvalue weighted by molar-refractivity contribution is 6.30. The third kappa shape index (κ3) is 2.50. The first-order chi connectivity index (χ1) is 8.02. The Hall–Kier alpha value is -1.33. The minimum Gasteiger partial charge on any atom is -0.481 e. The molecule has 0 saturated carbocycles. The fraction of sp³-hybridized carbons (Fsp3) is 0.364. The molecule has 0 aromatic heterocycles. The van der Waals surface area contributed by atoms with E-state index in [9.17, 15) is 9.18 Å². The summed E-state index contributed by atoms with van der Waals surface area (Å²) in [7, 11) is 0. The largest absolute Gasteiger partial charge is 0.481 e. The number of hydrogen-bond acceptors (Lipinski definition) is 3. The molecule has 0 radical (unpaired) electrons. The molecule has 92 valence electrons. The first-order valence-corrected chi connectivity index (χ1v) is 5.46. The van der Waals surface area contributed by atoms with Crippen LogP contribution in [0, 0.1) is 5.82 Å². The molecule has 2 N–H and O–H groups in total. The van der Waals surface area contributed by atoms with E-state index in [1.807, 2.05) is 0 Å². The fourth-order valence-electron chi connectivity index (χ4n) is 1.71. The van der Waals surface area contributed by atoms with Crippen LogP contribution in [0.5, 0.6) is 5.75 Å². The number of carboxylic acid groups (broad SMARTS) is 1. The van der Waals surface area contributed by atoms with Crippen molar-refractivity contribution in [2.45, 2.75) is 12.0 Å². The molecule has 1 heterocycles. The third-order valence-corrected chi connectivity index (χ3v) is 2.90. The average molecular weight is 260 g/mol. The molecule has 4 nitrogen and oxygen atoms in total. The molecule has 6 heteroatoms. The van der Waals surface area contributed by atoms with Crippen LogP contribution in [0.2, 0.25) is 5.02 Å². The van der Waals surface area contributed by atoms with E-state index in [0.717, 1.165) is 0 Å². The van der Waals surface area contributed by atoms with Gasteiger partial charge in [-0.1, -0.05) is 17.7 Å². The number of carbonyl (C=O) groups is 1. The van der Waals surface area contributed by atoms with Gasteiger partial charge in [0.2, 0.25) is 0 Å². The van der Waals surface area contributed by atoms with Gasteiger partial charge in [0, 0.05) is 13.1 Å². The normalized spacial score (nSPS) is 17.3. The minimum atomic E-state index is -0.978. The van der Waals surface area contributed by atoms with Gasteiger partial charge in [-0.25, -0.2) is 4.39 Å². The van der Waals surface area contributed by atoms with Gasteiger partial charge in [0.15, 0.2) is 11.6 Å². The van der Waals surface area contributed by atoms with Crippen LogP contribution in [0.3, 0.4) is 0 Å². The Kier molecular flexibility index (Phi) is 3.22. The zero-order valence-electron chi connectivity index (χ0n) is 8.87. The fourth-order valence-corrected chi connectivity index (χ4v) is 1.87. The molecule has 0 bridgehead atoms. The predicted octanol–water partition coefficient (Wildman–Crippen LogP) is 1.67. The topological polar surface area (TPSA) is 58.6 Å². The summed E-state index contributed by atoms with van der Waals surface area (Å²) in [4.78, 5) is 10.7. The van der Waals surface area contributed by atoms with Crippen LogP contribution < -0.4 is 10.1 Å². The van der Waals surface area contributed by atoms with Crippen molar-refractivity contribution < 1.29 is 19.0 Å². The standard InChI is InChI=1S/C11H11ClFNO3/c12-7-2-1-3-8(10(7)13)17-11(4-9(15)16)5-14-6-11/h1-3,14H,4-6H2,(H,15,16). The van der Waals surface area contributed by atoms with Gasteiger partial charge in [-0.2, -0.15) is 0 Å². The van der Waals surface area contributed by atoms with E-state index in [1.165, 1.54) is 12.1 Å². The van der Waals surface area contributed by atoms with Crippen LogP contribution in [0.15, 0.2) is 18.2 Å². The predicted molar refractivity (Wildman–Crippen MR) is 59.9 cm³/mol. The molecule has 1 saturated heterocycles. The summed E-state index contributed by atoms with van der Waals surface area (Å²) in [6, 6.07) is 4.40. The molecule has 17 heavy (non-hydrogen) atoms. The highest BCUT2D eigenvalue weighted by Crippen LogP contribution is 2.30. The molecule has 0 spiro atoms. The monoisotopic (exact) mass is 259 g/mol. The Bertz CT molecular complexity index is 448. The van der Waals surface area contributed by atoms with E-state index < -0.39 is 17.4 Å². The van der Waals surface area contributed by atoms with Crippen LogP contribution in [0.1, 0.15) is 6.42 Å². The number of rotatable bonds is 4. The third-order valence-electron chi connectivity index (χ3n) is 2.61. The van der Waals surface area contributed by atoms with Gasteiger partial charge >= 0.3 is 5.97 Å². The summed E-state index contributed by atoms with van der Waals surface area (Å²) in [5, 5.41) is 11.7. The number of hydrogen-bond donors (Lipinski definition) is 2. The van der Waals surface area contributed by atoms with Gasteiger partial charge in [-0.15, -0.1) is 0 Å². The van der Waals surface area contributed by atoms with Gasteiger partial charge in [-0.3, -0.25) is 4.79 Å². The highest BCUT2D eigenvalue weighted by Gasteiger charge is 2.42. The highest BCUT2D eigenvalue weighted by atomic mass is 35.5. The summed E-state index contributed by atoms with van der Waals surface area (Å²) in [5.41, 5.74) is -0.878. The number of nitrogens with one attached hydrogen (secondary N) is 1. The summed E-state index contributed by atoms with van der Waals surface area (Å²) < 4.78 is 19.1. The van der Waals surface area contributed by atoms with Crippen LogP contribution in [0.4, 0.5) is 4.39 Å². The number of carboxylic acids is 1. The van der Waals surface area contributed by atoms with Crippen LogP contribution >= 0.6 is 11.6 Å². The van der Waals surface area contributed by atoms with Crippen LogP contribution in [0.25, 0.3) is 0 Å². The van der Waals surface area contributed by atoms with E-state index in [4.69, 9.17) is 21.4 Å². The summed E-state index contributed by atoms with van der Waals surface area (Å²) in [5.74, 6) is -1.65. The van der Waals surface area contributed by atoms with Crippen molar-refractivity contribution in [1.29, 1.82) is 0 Å². The minimum absolute atomic E-state index is 0.0137. The van der Waals surface area contributed by atoms with Gasteiger partial charge in [-0.05, 0) is 12.1 Å². The molecule has 0 atom stereocenters. The van der Waals surface area contributed by atoms with Crippen molar-refractivity contribution in [2.24, 2.45) is 0 Å². The second kappa shape index (κ2) is 4.50. The second-order valence-corrected chi connectivity index (χ2v) is 4.42. The number of benzene rings is 1. The lowest BCUT2D eigenvalue weighted by Crippen LogP contribution is -2.64. The Morgan fingerprint density at radius 2 is 2.29 bits per heavy atom. The van der Waals surface area contributed by atoms with E-state index in [-0.39, 0.29) is 17.2 Å². The Balaban J connectivity index is 2.18. The molecular formula is C11H11ClFNO3. The SMILES string of the molecule is O=C(O)CC1(Oc2cccc(Cl)c2F)CNC1. The van der Waals surface area contributed by atoms with E-state index in [0.29, 0.717) is 13.1 Å². The van der Waals surface area contributed by atoms with Crippen molar-refractivity contribution in [1.82, 2.24) is 5.32 Å². The quantitative estimate of drug-likeness (QED) is 0.864. The first-order valence-electron chi connectivity index (χ1n) is 5.08. The second-order valence-electron chi connectivity index (χ2n) is 4.01. The Morgan fingerprint density at radius 1 is 1.59 bits per heavy atom. The molecule has 0 unspecified atom stereocenters. The van der Waals surface area contributed by atoms with Crippen molar-refractivity contribution in [2.75, 3.05) is 13.1 Å². The van der Waals surface area contributed by atoms with Crippen molar-refractivity contribution in [3.8, 4) is 5.75 Å². The summed E-state index contributed by atoms with van der Waals surface area (Å²) >= 11 is 5.62. The van der Waals surface area contributed by atoms with Crippen molar-refractivity contribution in [3.05, 3.63) is 29.0 Å². The van der Waals surface area contributed by atoms with Crippen molar-refractivity contribution >= 4 is 17.6 Å². The molecule has 1 fully saturated rings. The maximum Gasteiger partial charge on any atom is 0.307 e. The number of aliphatic carboxylic acids is 1. The zero-order chi connectivity index (χ0) is 12.5. The Labute approximate surface area is 102 Å². The van der Waals surface area contributed by atoms with Crippen molar-refractivity contribution in [3.63, 3.8) is 0 Å². The molecule has 1 aromatic rings. The summed E-state index contributed by atoms with van der Waals surface area (Å²) in [6.07, 6.45) is -0.175. The van der Waals surface area contributed by atoms with E-state index in [2.05, 4.69) is 5.32 Å². The molecule has 0 aliphatic carbocycles. The zero-order valence-corrected chi connectivity index (χ0v) is 9.63. The summed E-state index contributed by atoms with van der Waals surface area (Å²) in [6.45, 7) is 0.760. The van der Waals surface area contributed by atoms with Gasteiger partial charge in [0.1, 0.15) is 5.60 Å². The van der Waals surface area contributed by atoms with E-state index >= 15 is 0 Å². The van der Waals surface area contributed by atoms with Crippen LogP contribution in [-0.4, -0.2) is 29.8 Å². The lowest BCUT2D eigenvalue weighted by atomic mass is 9.92. The van der Waals surface area contributed by atoms with E-state index in [1.54, 1.807) is 6.07 Å². The van der Waals surface area contributed by atoms with Gasteiger partial charge in [0.05, 0.1) is 11.4 Å². The number of ether oxygens (including phenoxy) is 1. The lowest BCUT2D eigenvalue weighted by Gasteiger charge is -2.41. The Morgan fingerprint density at radius 3 is 2.82 bits per heavy atom. The van der Waals surface area contributed by atoms with Crippen LogP contribution in [-0.2, 0) is 4.79 Å². The molecule has 2 rings (SSSR count). The lowest BCUT2D eigenvalue weighted by molar-refractivity contribution is -0.143. The molecule has 1 aliphatic heterocycles.